The van der Waals surface area contributed by atoms with Crippen molar-refractivity contribution in [3.05, 3.63) is 48.0 Å². The Morgan fingerprint density at radius 3 is 2.96 bits per heavy atom. The number of aromatic nitrogens is 2. The minimum atomic E-state index is -0.282. The van der Waals surface area contributed by atoms with Gasteiger partial charge < -0.3 is 9.84 Å². The maximum Gasteiger partial charge on any atom is 0.148 e. The lowest BCUT2D eigenvalue weighted by atomic mass is 9.89. The second-order valence-electron chi connectivity index (χ2n) is 6.98. The van der Waals surface area contributed by atoms with E-state index in [1.165, 1.54) is 6.07 Å². The molecule has 2 aromatic rings. The number of benzene rings is 1. The minimum Gasteiger partial charge on any atom is -0.393 e. The van der Waals surface area contributed by atoms with Crippen LogP contribution in [-0.2, 0) is 11.3 Å². The molecular formula is C19H24FN3O2. The molecular weight excluding hydrogens is 321 g/mol. The molecule has 0 saturated carbocycles. The molecule has 4 rings (SSSR count). The highest BCUT2D eigenvalue weighted by molar-refractivity contribution is 5.32. The summed E-state index contributed by atoms with van der Waals surface area (Å²) >= 11 is 0. The fourth-order valence-corrected chi connectivity index (χ4v) is 4.08. The molecule has 2 aliphatic rings. The van der Waals surface area contributed by atoms with Gasteiger partial charge in [0.05, 0.1) is 18.4 Å². The standard InChI is InChI=1S/C19H24FN3O2/c20-16-4-1-2-5-18(16)23-10-7-14(21-23)12-22-9-3-6-17(22)15-13-25-11-8-19(15)24/h1-2,4-5,7,10,15,17,19,24H,3,6,8-9,11-13H2. The van der Waals surface area contributed by atoms with Crippen LogP contribution in [0.4, 0.5) is 4.39 Å². The van der Waals surface area contributed by atoms with Gasteiger partial charge in [-0.05, 0) is 44.0 Å². The number of rotatable bonds is 4. The van der Waals surface area contributed by atoms with Crippen LogP contribution in [-0.4, -0.2) is 51.7 Å². The van der Waals surface area contributed by atoms with Crippen LogP contribution in [0.15, 0.2) is 36.5 Å². The van der Waals surface area contributed by atoms with E-state index < -0.39 is 0 Å². The molecule has 0 amide bonds. The van der Waals surface area contributed by atoms with Crippen LogP contribution >= 0.6 is 0 Å². The summed E-state index contributed by atoms with van der Waals surface area (Å²) in [5.41, 5.74) is 1.38. The Morgan fingerprint density at radius 2 is 2.12 bits per heavy atom. The van der Waals surface area contributed by atoms with Crippen molar-refractivity contribution < 1.29 is 14.2 Å². The van der Waals surface area contributed by atoms with Crippen LogP contribution in [0.1, 0.15) is 25.0 Å². The third kappa shape index (κ3) is 3.47. The third-order valence-electron chi connectivity index (χ3n) is 5.38. The van der Waals surface area contributed by atoms with Gasteiger partial charge in [-0.2, -0.15) is 5.10 Å². The van der Waals surface area contributed by atoms with Crippen LogP contribution in [0.3, 0.4) is 0 Å². The second kappa shape index (κ2) is 7.23. The van der Waals surface area contributed by atoms with Crippen molar-refractivity contribution in [2.75, 3.05) is 19.8 Å². The average Bonchev–Trinajstić information content (AvgIpc) is 3.26. The molecule has 0 radical (unpaired) electrons. The molecule has 1 N–H and O–H groups in total. The van der Waals surface area contributed by atoms with Crippen LogP contribution < -0.4 is 0 Å². The minimum absolute atomic E-state index is 0.171. The van der Waals surface area contributed by atoms with E-state index in [-0.39, 0.29) is 17.8 Å². The highest BCUT2D eigenvalue weighted by Crippen LogP contribution is 2.30. The molecule has 5 nitrogen and oxygen atoms in total. The van der Waals surface area contributed by atoms with Crippen LogP contribution in [0, 0.1) is 11.7 Å². The molecule has 2 saturated heterocycles. The van der Waals surface area contributed by atoms with Crippen LogP contribution in [0.25, 0.3) is 5.69 Å². The highest BCUT2D eigenvalue weighted by atomic mass is 19.1. The van der Waals surface area contributed by atoms with E-state index in [4.69, 9.17) is 4.74 Å². The quantitative estimate of drug-likeness (QED) is 0.924. The van der Waals surface area contributed by atoms with Crippen LogP contribution in [0.5, 0.6) is 0 Å². The van der Waals surface area contributed by atoms with E-state index in [2.05, 4.69) is 10.00 Å². The van der Waals surface area contributed by atoms with Gasteiger partial charge in [0.1, 0.15) is 11.5 Å². The summed E-state index contributed by atoms with van der Waals surface area (Å²) in [7, 11) is 0. The number of aliphatic hydroxyl groups excluding tert-OH is 1. The highest BCUT2D eigenvalue weighted by Gasteiger charge is 2.37. The van der Waals surface area contributed by atoms with Crippen molar-refractivity contribution in [3.63, 3.8) is 0 Å². The molecule has 6 heteroatoms. The normalized spacial score (nSPS) is 27.7. The molecule has 1 aromatic heterocycles. The Morgan fingerprint density at radius 1 is 1.24 bits per heavy atom. The van der Waals surface area contributed by atoms with E-state index >= 15 is 0 Å². The number of likely N-dealkylation sites (tertiary alicyclic amines) is 1. The molecule has 0 bridgehead atoms. The largest absolute Gasteiger partial charge is 0.393 e. The number of halogens is 1. The molecule has 3 atom stereocenters. The fraction of sp³-hybridized carbons (Fsp3) is 0.526. The summed E-state index contributed by atoms with van der Waals surface area (Å²) in [5.74, 6) is -0.108. The predicted octanol–water partition coefficient (Wildman–Crippen LogP) is 2.37. The maximum absolute atomic E-state index is 13.9. The van der Waals surface area contributed by atoms with Gasteiger partial charge in [0.15, 0.2) is 0 Å². The summed E-state index contributed by atoms with van der Waals surface area (Å²) in [6.07, 6.45) is 4.45. The van der Waals surface area contributed by atoms with Crippen molar-refractivity contribution >= 4 is 0 Å². The molecule has 1 aromatic carbocycles. The van der Waals surface area contributed by atoms with Crippen molar-refractivity contribution in [1.82, 2.24) is 14.7 Å². The predicted molar refractivity (Wildman–Crippen MR) is 91.9 cm³/mol. The van der Waals surface area contributed by atoms with Gasteiger partial charge in [0, 0.05) is 31.3 Å². The monoisotopic (exact) mass is 345 g/mol. The average molecular weight is 345 g/mol. The summed E-state index contributed by atoms with van der Waals surface area (Å²) < 4.78 is 21.1. The lowest BCUT2D eigenvalue weighted by molar-refractivity contribution is -0.0637. The van der Waals surface area contributed by atoms with E-state index in [0.29, 0.717) is 24.9 Å². The Bertz CT molecular complexity index is 720. The van der Waals surface area contributed by atoms with Crippen molar-refractivity contribution in [3.8, 4) is 5.69 Å². The Labute approximate surface area is 147 Å². The van der Waals surface area contributed by atoms with Gasteiger partial charge in [-0.15, -0.1) is 0 Å². The first-order chi connectivity index (χ1) is 12.2. The lowest BCUT2D eigenvalue weighted by Gasteiger charge is -2.36. The zero-order valence-corrected chi connectivity index (χ0v) is 14.2. The molecule has 134 valence electrons. The Hall–Kier alpha value is -1.76. The number of nitrogens with zero attached hydrogens (tertiary/aromatic N) is 3. The van der Waals surface area contributed by atoms with Gasteiger partial charge in [0.2, 0.25) is 0 Å². The van der Waals surface area contributed by atoms with Crippen molar-refractivity contribution in [2.24, 2.45) is 5.92 Å². The molecule has 3 unspecified atom stereocenters. The van der Waals surface area contributed by atoms with Gasteiger partial charge in [-0.25, -0.2) is 9.07 Å². The summed E-state index contributed by atoms with van der Waals surface area (Å²) in [5, 5.41) is 14.9. The third-order valence-corrected chi connectivity index (χ3v) is 5.38. The molecule has 0 spiro atoms. The number of ether oxygens (including phenoxy) is 1. The molecule has 3 heterocycles. The maximum atomic E-state index is 13.9. The van der Waals surface area contributed by atoms with E-state index in [0.717, 1.165) is 38.0 Å². The summed E-state index contributed by atoms with van der Waals surface area (Å²) in [4.78, 5) is 2.39. The first-order valence-electron chi connectivity index (χ1n) is 9.01. The van der Waals surface area contributed by atoms with Crippen molar-refractivity contribution in [1.29, 1.82) is 0 Å². The zero-order chi connectivity index (χ0) is 17.2. The summed E-state index contributed by atoms with van der Waals surface area (Å²) in [6, 6.07) is 8.92. The first kappa shape index (κ1) is 16.7. The lowest BCUT2D eigenvalue weighted by Crippen LogP contribution is -2.45. The van der Waals surface area contributed by atoms with Gasteiger partial charge in [0.25, 0.3) is 0 Å². The van der Waals surface area contributed by atoms with Crippen LogP contribution in [0.2, 0.25) is 0 Å². The van der Waals surface area contributed by atoms with Gasteiger partial charge in [-0.1, -0.05) is 12.1 Å². The van der Waals surface area contributed by atoms with Crippen molar-refractivity contribution in [2.45, 2.75) is 38.0 Å². The Kier molecular flexibility index (Phi) is 4.83. The fourth-order valence-electron chi connectivity index (χ4n) is 4.08. The SMILES string of the molecule is OC1CCOCC1C1CCCN1Cc1ccn(-c2ccccc2F)n1. The topological polar surface area (TPSA) is 50.5 Å². The second-order valence-corrected chi connectivity index (χ2v) is 6.98. The Balaban J connectivity index is 1.47. The number of hydrogen-bond acceptors (Lipinski definition) is 4. The van der Waals surface area contributed by atoms with E-state index in [1.807, 2.05) is 6.07 Å². The molecule has 0 aliphatic carbocycles. The molecule has 2 fully saturated rings. The summed E-state index contributed by atoms with van der Waals surface area (Å²) in [6.45, 7) is 3.00. The van der Waals surface area contributed by atoms with Gasteiger partial charge in [-0.3, -0.25) is 4.90 Å². The number of hydrogen-bond donors (Lipinski definition) is 1. The number of aliphatic hydroxyl groups is 1. The molecule has 25 heavy (non-hydrogen) atoms. The van der Waals surface area contributed by atoms with Gasteiger partial charge >= 0.3 is 0 Å². The van der Waals surface area contributed by atoms with E-state index in [9.17, 15) is 9.50 Å². The molecule has 2 aliphatic heterocycles. The first-order valence-corrected chi connectivity index (χ1v) is 9.01. The zero-order valence-electron chi connectivity index (χ0n) is 14.2. The van der Waals surface area contributed by atoms with E-state index in [1.54, 1.807) is 29.1 Å². The smallest absolute Gasteiger partial charge is 0.148 e. The number of para-hydroxylation sites is 1.